The molecule has 8 heteroatoms. The van der Waals surface area contributed by atoms with Crippen molar-refractivity contribution in [1.29, 1.82) is 0 Å². The summed E-state index contributed by atoms with van der Waals surface area (Å²) in [5.74, 6) is 0.904. The van der Waals surface area contributed by atoms with E-state index in [1.54, 1.807) is 4.88 Å². The van der Waals surface area contributed by atoms with Crippen molar-refractivity contribution in [2.45, 2.75) is 58.2 Å². The second-order valence-corrected chi connectivity index (χ2v) is 8.65. The summed E-state index contributed by atoms with van der Waals surface area (Å²) in [6.07, 6.45) is 4.76. The molecule has 0 aromatic carbocycles. The highest BCUT2D eigenvalue weighted by Crippen LogP contribution is 2.25. The van der Waals surface area contributed by atoms with E-state index < -0.39 is 0 Å². The van der Waals surface area contributed by atoms with Crippen molar-refractivity contribution in [3.05, 3.63) is 21.9 Å². The fraction of sp³-hybridized carbons (Fsp3) is 0.762. The molecule has 0 amide bonds. The molecule has 1 aromatic rings. The van der Waals surface area contributed by atoms with Crippen molar-refractivity contribution in [3.8, 4) is 0 Å². The van der Waals surface area contributed by atoms with Crippen LogP contribution < -0.4 is 10.6 Å². The largest absolute Gasteiger partial charge is 0.379 e. The molecule has 0 bridgehead atoms. The van der Waals surface area contributed by atoms with Gasteiger partial charge >= 0.3 is 0 Å². The molecular formula is C21H37IN4O2S. The van der Waals surface area contributed by atoms with Crippen molar-refractivity contribution in [3.63, 3.8) is 0 Å². The Morgan fingerprint density at radius 3 is 3.14 bits per heavy atom. The predicted molar refractivity (Wildman–Crippen MR) is 132 cm³/mol. The average molecular weight is 537 g/mol. The van der Waals surface area contributed by atoms with Gasteiger partial charge in [-0.25, -0.2) is 0 Å². The zero-order chi connectivity index (χ0) is 19.6. The molecule has 1 saturated heterocycles. The Morgan fingerprint density at radius 1 is 1.45 bits per heavy atom. The zero-order valence-corrected chi connectivity index (χ0v) is 21.0. The van der Waals surface area contributed by atoms with Crippen molar-refractivity contribution < 1.29 is 9.47 Å². The number of nitrogens with zero attached hydrogens (tertiary/aromatic N) is 2. The standard InChI is InChI=1S/C21H36N4O2S.HI/c1-3-22-21(23-9-5-11-26-16-19-6-4-12-27-19)24-14-17(2)25-10-7-20-18(15-25)8-13-28-20;/h8,13,17,19H,3-7,9-12,14-16H2,1-2H3,(H2,22,23,24);1H. The molecule has 3 heterocycles. The summed E-state index contributed by atoms with van der Waals surface area (Å²) in [5.41, 5.74) is 1.50. The molecule has 0 spiro atoms. The van der Waals surface area contributed by atoms with Crippen molar-refractivity contribution >= 4 is 41.3 Å². The number of guanidine groups is 1. The first-order chi connectivity index (χ1) is 13.8. The number of nitrogens with one attached hydrogen (secondary N) is 2. The fourth-order valence-electron chi connectivity index (χ4n) is 3.70. The van der Waals surface area contributed by atoms with Crippen LogP contribution in [-0.4, -0.2) is 69.0 Å². The van der Waals surface area contributed by atoms with Gasteiger partial charge < -0.3 is 20.1 Å². The van der Waals surface area contributed by atoms with E-state index in [0.29, 0.717) is 12.1 Å². The second kappa shape index (κ2) is 13.8. The minimum Gasteiger partial charge on any atom is -0.379 e. The van der Waals surface area contributed by atoms with Crippen molar-refractivity contribution in [2.75, 3.05) is 46.0 Å². The van der Waals surface area contributed by atoms with Crippen LogP contribution in [0.25, 0.3) is 0 Å². The topological polar surface area (TPSA) is 58.1 Å². The van der Waals surface area contributed by atoms with Gasteiger partial charge in [-0.3, -0.25) is 9.89 Å². The molecule has 0 radical (unpaired) electrons. The van der Waals surface area contributed by atoms with Gasteiger partial charge in [-0.15, -0.1) is 35.3 Å². The van der Waals surface area contributed by atoms with Crippen LogP contribution in [-0.2, 0) is 22.4 Å². The Morgan fingerprint density at radius 2 is 2.34 bits per heavy atom. The van der Waals surface area contributed by atoms with Gasteiger partial charge in [-0.1, -0.05) is 0 Å². The van der Waals surface area contributed by atoms with Crippen LogP contribution in [0.15, 0.2) is 16.4 Å². The minimum absolute atomic E-state index is 0. The maximum Gasteiger partial charge on any atom is 0.191 e. The summed E-state index contributed by atoms with van der Waals surface area (Å²) in [5, 5.41) is 9.00. The number of hydrogen-bond donors (Lipinski definition) is 2. The fourth-order valence-corrected chi connectivity index (χ4v) is 4.59. The van der Waals surface area contributed by atoms with E-state index in [4.69, 9.17) is 14.5 Å². The number of halogens is 1. The highest BCUT2D eigenvalue weighted by molar-refractivity contribution is 14.0. The molecule has 0 aliphatic carbocycles. The van der Waals surface area contributed by atoms with Crippen LogP contribution in [0.2, 0.25) is 0 Å². The maximum absolute atomic E-state index is 5.73. The molecule has 1 fully saturated rings. The minimum atomic E-state index is 0. The molecule has 0 saturated carbocycles. The highest BCUT2D eigenvalue weighted by atomic mass is 127. The summed E-state index contributed by atoms with van der Waals surface area (Å²) in [4.78, 5) is 8.91. The summed E-state index contributed by atoms with van der Waals surface area (Å²) in [6.45, 7) is 11.5. The van der Waals surface area contributed by atoms with Crippen LogP contribution >= 0.6 is 35.3 Å². The number of aliphatic imine (C=N–C) groups is 1. The monoisotopic (exact) mass is 536 g/mol. The Hall–Kier alpha value is -0.420. The van der Waals surface area contributed by atoms with Gasteiger partial charge in [0.05, 0.1) is 19.3 Å². The van der Waals surface area contributed by atoms with Crippen LogP contribution in [0.4, 0.5) is 0 Å². The summed E-state index contributed by atoms with van der Waals surface area (Å²) in [7, 11) is 0. The SMILES string of the molecule is CCNC(=NCC(C)N1CCc2sccc2C1)NCCCOCC1CCCO1.I. The Kier molecular flexibility index (Phi) is 11.8. The summed E-state index contributed by atoms with van der Waals surface area (Å²) in [6, 6.07) is 2.72. The number of ether oxygens (including phenoxy) is 2. The lowest BCUT2D eigenvalue weighted by Crippen LogP contribution is -2.41. The Balaban J connectivity index is 0.00000300. The lowest BCUT2D eigenvalue weighted by Gasteiger charge is -2.31. The van der Waals surface area contributed by atoms with Gasteiger partial charge in [0, 0.05) is 50.3 Å². The predicted octanol–water partition coefficient (Wildman–Crippen LogP) is 3.25. The first-order valence-corrected chi connectivity index (χ1v) is 11.6. The lowest BCUT2D eigenvalue weighted by atomic mass is 10.1. The van der Waals surface area contributed by atoms with E-state index >= 15 is 0 Å². The molecule has 29 heavy (non-hydrogen) atoms. The molecule has 2 N–H and O–H groups in total. The van der Waals surface area contributed by atoms with Gasteiger partial charge in [0.1, 0.15) is 0 Å². The van der Waals surface area contributed by atoms with Gasteiger partial charge in [0.2, 0.25) is 0 Å². The quantitative estimate of drug-likeness (QED) is 0.208. The number of hydrogen-bond acceptors (Lipinski definition) is 5. The third-order valence-corrected chi connectivity index (χ3v) is 6.43. The van der Waals surface area contributed by atoms with Gasteiger partial charge in [0.15, 0.2) is 5.96 Å². The van der Waals surface area contributed by atoms with E-state index in [0.717, 1.165) is 71.3 Å². The summed E-state index contributed by atoms with van der Waals surface area (Å²) < 4.78 is 11.3. The molecule has 2 atom stereocenters. The number of thiophene rings is 1. The zero-order valence-electron chi connectivity index (χ0n) is 17.8. The van der Waals surface area contributed by atoms with Gasteiger partial charge in [-0.05, 0) is 56.5 Å². The molecule has 2 unspecified atom stereocenters. The first kappa shape index (κ1) is 24.8. The Bertz CT molecular complexity index is 607. The lowest BCUT2D eigenvalue weighted by molar-refractivity contribution is 0.0168. The normalized spacial score (nSPS) is 20.8. The van der Waals surface area contributed by atoms with Crippen LogP contribution in [0.1, 0.15) is 43.6 Å². The van der Waals surface area contributed by atoms with Crippen LogP contribution in [0, 0.1) is 0 Å². The molecular weight excluding hydrogens is 499 g/mol. The van der Waals surface area contributed by atoms with E-state index in [9.17, 15) is 0 Å². The number of fused-ring (bicyclic) bond motifs is 1. The van der Waals surface area contributed by atoms with Crippen molar-refractivity contribution in [2.24, 2.45) is 4.99 Å². The molecule has 2 aliphatic rings. The third kappa shape index (κ3) is 8.32. The number of rotatable bonds is 10. The summed E-state index contributed by atoms with van der Waals surface area (Å²) >= 11 is 1.89. The van der Waals surface area contributed by atoms with E-state index in [-0.39, 0.29) is 24.0 Å². The van der Waals surface area contributed by atoms with Crippen LogP contribution in [0.3, 0.4) is 0 Å². The first-order valence-electron chi connectivity index (χ1n) is 10.8. The van der Waals surface area contributed by atoms with E-state index in [1.165, 1.54) is 18.4 Å². The average Bonchev–Trinajstić information content (AvgIpc) is 3.39. The smallest absolute Gasteiger partial charge is 0.191 e. The molecule has 1 aromatic heterocycles. The molecule has 6 nitrogen and oxygen atoms in total. The van der Waals surface area contributed by atoms with Gasteiger partial charge in [-0.2, -0.15) is 0 Å². The van der Waals surface area contributed by atoms with Gasteiger partial charge in [0.25, 0.3) is 0 Å². The molecule has 166 valence electrons. The van der Waals surface area contributed by atoms with E-state index in [2.05, 4.69) is 40.8 Å². The molecule has 2 aliphatic heterocycles. The second-order valence-electron chi connectivity index (χ2n) is 7.65. The van der Waals surface area contributed by atoms with Crippen molar-refractivity contribution in [1.82, 2.24) is 15.5 Å². The Labute approximate surface area is 196 Å². The molecule has 3 rings (SSSR count). The highest BCUT2D eigenvalue weighted by Gasteiger charge is 2.21. The third-order valence-electron chi connectivity index (χ3n) is 5.40. The van der Waals surface area contributed by atoms with E-state index in [1.807, 2.05) is 11.3 Å². The van der Waals surface area contributed by atoms with Crippen LogP contribution in [0.5, 0.6) is 0 Å². The maximum atomic E-state index is 5.73.